The Morgan fingerprint density at radius 3 is 2.89 bits per heavy atom. The molecule has 0 spiro atoms. The van der Waals surface area contributed by atoms with Crippen molar-refractivity contribution >= 4 is 0 Å². The third-order valence-electron chi connectivity index (χ3n) is 4.14. The Morgan fingerprint density at radius 2 is 2.21 bits per heavy atom. The van der Waals surface area contributed by atoms with Gasteiger partial charge >= 0.3 is 0 Å². The van der Waals surface area contributed by atoms with Crippen LogP contribution in [0.25, 0.3) is 0 Å². The number of nitrogens with one attached hydrogen (secondary N) is 1. The highest BCUT2D eigenvalue weighted by Gasteiger charge is 2.32. The van der Waals surface area contributed by atoms with Gasteiger partial charge in [-0.25, -0.2) is 4.39 Å². The minimum atomic E-state index is -0.0851. The summed E-state index contributed by atoms with van der Waals surface area (Å²) in [6.45, 7) is 7.19. The molecule has 1 heterocycles. The maximum absolute atomic E-state index is 13.8. The average molecular weight is 264 g/mol. The van der Waals surface area contributed by atoms with Crippen molar-refractivity contribution in [1.29, 1.82) is 0 Å². The van der Waals surface area contributed by atoms with Crippen LogP contribution in [0.2, 0.25) is 0 Å². The first kappa shape index (κ1) is 14.5. The van der Waals surface area contributed by atoms with Gasteiger partial charge in [-0.15, -0.1) is 0 Å². The molecule has 1 aliphatic heterocycles. The van der Waals surface area contributed by atoms with Crippen LogP contribution in [0.15, 0.2) is 18.2 Å². The van der Waals surface area contributed by atoms with Crippen molar-refractivity contribution in [2.24, 2.45) is 5.92 Å². The second-order valence-corrected chi connectivity index (χ2v) is 5.69. The first-order valence-electron chi connectivity index (χ1n) is 7.30. The van der Waals surface area contributed by atoms with E-state index in [4.69, 9.17) is 0 Å². The molecule has 1 N–H and O–H groups in total. The number of halogens is 1. The number of rotatable bonds is 5. The van der Waals surface area contributed by atoms with Crippen LogP contribution in [0.5, 0.6) is 0 Å². The Balaban J connectivity index is 2.11. The normalized spacial score (nSPS) is 24.0. The van der Waals surface area contributed by atoms with E-state index in [-0.39, 0.29) is 5.82 Å². The quantitative estimate of drug-likeness (QED) is 0.822. The third-order valence-corrected chi connectivity index (χ3v) is 4.14. The minimum absolute atomic E-state index is 0.0851. The molecule has 1 aromatic rings. The van der Waals surface area contributed by atoms with Crippen LogP contribution in [-0.2, 0) is 0 Å². The van der Waals surface area contributed by atoms with Gasteiger partial charge in [-0.1, -0.05) is 19.1 Å². The van der Waals surface area contributed by atoms with Crippen LogP contribution in [0.4, 0.5) is 4.39 Å². The van der Waals surface area contributed by atoms with E-state index in [1.54, 1.807) is 6.07 Å². The van der Waals surface area contributed by atoms with Crippen LogP contribution in [-0.4, -0.2) is 31.6 Å². The highest BCUT2D eigenvalue weighted by Crippen LogP contribution is 2.36. The summed E-state index contributed by atoms with van der Waals surface area (Å²) in [5.74, 6) is 0.497. The molecule has 0 radical (unpaired) electrons. The number of benzene rings is 1. The molecule has 0 saturated carbocycles. The van der Waals surface area contributed by atoms with E-state index in [0.717, 1.165) is 37.2 Å². The summed E-state index contributed by atoms with van der Waals surface area (Å²) in [5.41, 5.74) is 1.84. The summed E-state index contributed by atoms with van der Waals surface area (Å²) in [7, 11) is 2.14. The van der Waals surface area contributed by atoms with Crippen molar-refractivity contribution in [3.05, 3.63) is 35.1 Å². The molecule has 106 valence electrons. The number of hydrogen-bond acceptors (Lipinski definition) is 2. The zero-order chi connectivity index (χ0) is 13.8. The molecular formula is C16H25FN2. The van der Waals surface area contributed by atoms with Crippen LogP contribution >= 0.6 is 0 Å². The fourth-order valence-corrected chi connectivity index (χ4v) is 3.02. The molecule has 1 aromatic carbocycles. The summed E-state index contributed by atoms with van der Waals surface area (Å²) in [5, 5.41) is 3.50. The van der Waals surface area contributed by atoms with Gasteiger partial charge in [0.25, 0.3) is 0 Å². The van der Waals surface area contributed by atoms with E-state index >= 15 is 0 Å². The Labute approximate surface area is 116 Å². The van der Waals surface area contributed by atoms with E-state index in [0.29, 0.717) is 12.0 Å². The summed E-state index contributed by atoms with van der Waals surface area (Å²) >= 11 is 0. The monoisotopic (exact) mass is 264 g/mol. The fraction of sp³-hybridized carbons (Fsp3) is 0.625. The van der Waals surface area contributed by atoms with Crippen molar-refractivity contribution in [1.82, 2.24) is 10.2 Å². The Hall–Kier alpha value is -0.930. The highest BCUT2D eigenvalue weighted by atomic mass is 19.1. The minimum Gasteiger partial charge on any atom is -0.316 e. The van der Waals surface area contributed by atoms with Gasteiger partial charge in [0.2, 0.25) is 0 Å². The molecule has 1 fully saturated rings. The Morgan fingerprint density at radius 1 is 1.42 bits per heavy atom. The number of likely N-dealkylation sites (tertiary alicyclic amines) is 1. The average Bonchev–Trinajstić information content (AvgIpc) is 2.75. The van der Waals surface area contributed by atoms with Crippen molar-refractivity contribution in [2.45, 2.75) is 32.7 Å². The van der Waals surface area contributed by atoms with Crippen LogP contribution < -0.4 is 5.32 Å². The van der Waals surface area contributed by atoms with Crippen molar-refractivity contribution < 1.29 is 4.39 Å². The molecule has 2 rings (SSSR count). The van der Waals surface area contributed by atoms with Crippen molar-refractivity contribution in [2.75, 3.05) is 26.7 Å². The molecule has 0 bridgehead atoms. The standard InChI is InChI=1S/C16H25FN2/c1-4-8-18-11-14-7-9-19(3)16(14)13-6-5-12(2)15(17)10-13/h5-6,10,14,16,18H,4,7-9,11H2,1-3H3. The summed E-state index contributed by atoms with van der Waals surface area (Å²) in [6, 6.07) is 6.04. The lowest BCUT2D eigenvalue weighted by Crippen LogP contribution is -2.29. The molecule has 0 amide bonds. The first-order valence-corrected chi connectivity index (χ1v) is 7.30. The first-order chi connectivity index (χ1) is 9.13. The largest absolute Gasteiger partial charge is 0.316 e. The third kappa shape index (κ3) is 3.34. The molecule has 2 atom stereocenters. The number of nitrogens with zero attached hydrogens (tertiary/aromatic N) is 1. The van der Waals surface area contributed by atoms with Gasteiger partial charge in [-0.05, 0) is 69.6 Å². The van der Waals surface area contributed by atoms with Crippen LogP contribution in [0, 0.1) is 18.7 Å². The van der Waals surface area contributed by atoms with Crippen molar-refractivity contribution in [3.8, 4) is 0 Å². The van der Waals surface area contributed by atoms with Gasteiger partial charge < -0.3 is 5.32 Å². The lowest BCUT2D eigenvalue weighted by Gasteiger charge is -2.26. The maximum atomic E-state index is 13.8. The second kappa shape index (κ2) is 6.49. The molecule has 0 aromatic heterocycles. The van der Waals surface area contributed by atoms with Gasteiger partial charge in [-0.2, -0.15) is 0 Å². The van der Waals surface area contributed by atoms with Gasteiger partial charge in [0.05, 0.1) is 0 Å². The molecule has 2 unspecified atom stereocenters. The van der Waals surface area contributed by atoms with E-state index < -0.39 is 0 Å². The summed E-state index contributed by atoms with van der Waals surface area (Å²) in [6.07, 6.45) is 2.35. The SMILES string of the molecule is CCCNCC1CCN(C)C1c1ccc(C)c(F)c1. The van der Waals surface area contributed by atoms with E-state index in [2.05, 4.69) is 30.3 Å². The fourth-order valence-electron chi connectivity index (χ4n) is 3.02. The van der Waals surface area contributed by atoms with E-state index in [9.17, 15) is 4.39 Å². The molecule has 2 nitrogen and oxygen atoms in total. The Kier molecular flexibility index (Phi) is 4.94. The molecule has 0 aliphatic carbocycles. The lowest BCUT2D eigenvalue weighted by molar-refractivity contribution is 0.271. The van der Waals surface area contributed by atoms with E-state index in [1.165, 1.54) is 6.42 Å². The lowest BCUT2D eigenvalue weighted by atomic mass is 9.93. The molecule has 19 heavy (non-hydrogen) atoms. The van der Waals surface area contributed by atoms with Crippen LogP contribution in [0.3, 0.4) is 0 Å². The topological polar surface area (TPSA) is 15.3 Å². The molecular weight excluding hydrogens is 239 g/mol. The number of hydrogen-bond donors (Lipinski definition) is 1. The summed E-state index contributed by atoms with van der Waals surface area (Å²) in [4.78, 5) is 2.35. The second-order valence-electron chi connectivity index (χ2n) is 5.69. The van der Waals surface area contributed by atoms with Crippen LogP contribution in [0.1, 0.15) is 36.9 Å². The number of aryl methyl sites for hydroxylation is 1. The maximum Gasteiger partial charge on any atom is 0.126 e. The van der Waals surface area contributed by atoms with Gasteiger partial charge in [-0.3, -0.25) is 4.90 Å². The molecule has 3 heteroatoms. The van der Waals surface area contributed by atoms with E-state index in [1.807, 2.05) is 13.0 Å². The zero-order valence-corrected chi connectivity index (χ0v) is 12.2. The predicted molar refractivity (Wildman–Crippen MR) is 77.8 cm³/mol. The van der Waals surface area contributed by atoms with Gasteiger partial charge in [0.1, 0.15) is 5.82 Å². The van der Waals surface area contributed by atoms with Crippen molar-refractivity contribution in [3.63, 3.8) is 0 Å². The Bertz CT molecular complexity index is 419. The zero-order valence-electron chi connectivity index (χ0n) is 12.2. The smallest absolute Gasteiger partial charge is 0.126 e. The summed E-state index contributed by atoms with van der Waals surface area (Å²) < 4.78 is 13.8. The molecule has 1 aliphatic rings. The van der Waals surface area contributed by atoms with Gasteiger partial charge in [0, 0.05) is 6.04 Å². The highest BCUT2D eigenvalue weighted by molar-refractivity contribution is 5.27. The predicted octanol–water partition coefficient (Wildman–Crippen LogP) is 3.13. The van der Waals surface area contributed by atoms with Gasteiger partial charge in [0.15, 0.2) is 0 Å². The molecule has 1 saturated heterocycles.